The summed E-state index contributed by atoms with van der Waals surface area (Å²) >= 11 is 5.91. The molecule has 0 aliphatic carbocycles. The molecule has 0 bridgehead atoms. The third-order valence-corrected chi connectivity index (χ3v) is 3.22. The fraction of sp³-hybridized carbons (Fsp3) is 0.143. The smallest absolute Gasteiger partial charge is 0.271 e. The molecule has 1 unspecified atom stereocenters. The highest BCUT2D eigenvalue weighted by molar-refractivity contribution is 6.30. The molecule has 0 heterocycles. The van der Waals surface area contributed by atoms with Crippen LogP contribution in [-0.2, 0) is 0 Å². The molecule has 4 nitrogen and oxygen atoms in total. The molecule has 2 N–H and O–H groups in total. The standard InChI is InChI=1S/C14H13ClN2O2/c1-9-4-2-3-5-13(9)14(16)10-6-11(15)8-12(7-10)17(18)19/h2-8,14H,16H2,1H3. The highest BCUT2D eigenvalue weighted by Crippen LogP contribution is 2.28. The molecule has 0 aliphatic rings. The van der Waals surface area contributed by atoms with E-state index in [1.165, 1.54) is 12.1 Å². The molecule has 0 aliphatic heterocycles. The molecule has 2 aromatic carbocycles. The van der Waals surface area contributed by atoms with Crippen molar-refractivity contribution in [3.63, 3.8) is 0 Å². The van der Waals surface area contributed by atoms with Crippen molar-refractivity contribution in [3.8, 4) is 0 Å². The quantitative estimate of drug-likeness (QED) is 0.688. The van der Waals surface area contributed by atoms with E-state index in [1.54, 1.807) is 6.07 Å². The first-order valence-corrected chi connectivity index (χ1v) is 6.13. The SMILES string of the molecule is Cc1ccccc1C(N)c1cc(Cl)cc([N+](=O)[O-])c1. The predicted octanol–water partition coefficient (Wildman–Crippen LogP) is 3.60. The molecule has 0 radical (unpaired) electrons. The highest BCUT2D eigenvalue weighted by atomic mass is 35.5. The van der Waals surface area contributed by atoms with Crippen molar-refractivity contribution in [2.75, 3.05) is 0 Å². The van der Waals surface area contributed by atoms with Crippen molar-refractivity contribution in [2.45, 2.75) is 13.0 Å². The van der Waals surface area contributed by atoms with Crippen LogP contribution in [0.3, 0.4) is 0 Å². The largest absolute Gasteiger partial charge is 0.320 e. The van der Waals surface area contributed by atoms with E-state index < -0.39 is 11.0 Å². The van der Waals surface area contributed by atoms with Gasteiger partial charge in [0, 0.05) is 17.2 Å². The lowest BCUT2D eigenvalue weighted by Gasteiger charge is -2.15. The normalized spacial score (nSPS) is 12.2. The number of nitrogens with zero attached hydrogens (tertiary/aromatic N) is 1. The molecule has 0 fully saturated rings. The van der Waals surface area contributed by atoms with E-state index in [1.807, 2.05) is 31.2 Å². The number of aryl methyl sites for hydroxylation is 1. The van der Waals surface area contributed by atoms with Crippen molar-refractivity contribution in [1.29, 1.82) is 0 Å². The molecule has 0 amide bonds. The summed E-state index contributed by atoms with van der Waals surface area (Å²) in [5.41, 5.74) is 8.73. The summed E-state index contributed by atoms with van der Waals surface area (Å²) in [6, 6.07) is 11.7. The Labute approximate surface area is 116 Å². The molecular weight excluding hydrogens is 264 g/mol. The molecule has 0 saturated carbocycles. The number of benzene rings is 2. The van der Waals surface area contributed by atoms with Gasteiger partial charge in [0.1, 0.15) is 0 Å². The summed E-state index contributed by atoms with van der Waals surface area (Å²) in [7, 11) is 0. The van der Waals surface area contributed by atoms with Gasteiger partial charge in [-0.25, -0.2) is 0 Å². The van der Waals surface area contributed by atoms with Gasteiger partial charge < -0.3 is 5.73 Å². The Morgan fingerprint density at radius 2 is 1.95 bits per heavy atom. The summed E-state index contributed by atoms with van der Waals surface area (Å²) in [5, 5.41) is 11.2. The fourth-order valence-electron chi connectivity index (χ4n) is 2.00. The Kier molecular flexibility index (Phi) is 3.83. The number of halogens is 1. The number of hydrogen-bond acceptors (Lipinski definition) is 3. The Morgan fingerprint density at radius 3 is 2.58 bits per heavy atom. The first-order valence-electron chi connectivity index (χ1n) is 5.75. The van der Waals surface area contributed by atoms with Gasteiger partial charge in [-0.2, -0.15) is 0 Å². The summed E-state index contributed by atoms with van der Waals surface area (Å²) in [6.45, 7) is 1.95. The van der Waals surface area contributed by atoms with Crippen molar-refractivity contribution < 1.29 is 4.92 Å². The molecule has 1 atom stereocenters. The molecule has 98 valence electrons. The van der Waals surface area contributed by atoms with Crippen LogP contribution in [0.4, 0.5) is 5.69 Å². The molecule has 2 aromatic rings. The average molecular weight is 277 g/mol. The van der Waals surface area contributed by atoms with Crippen molar-refractivity contribution >= 4 is 17.3 Å². The van der Waals surface area contributed by atoms with Crippen molar-refractivity contribution in [2.24, 2.45) is 5.73 Å². The third-order valence-electron chi connectivity index (χ3n) is 3.00. The topological polar surface area (TPSA) is 69.2 Å². The number of nitro groups is 1. The van der Waals surface area contributed by atoms with Gasteiger partial charge in [0.25, 0.3) is 5.69 Å². The van der Waals surface area contributed by atoms with Crippen LogP contribution in [0.15, 0.2) is 42.5 Å². The van der Waals surface area contributed by atoms with Gasteiger partial charge in [0.05, 0.1) is 11.0 Å². The number of nitrogens with two attached hydrogens (primary N) is 1. The van der Waals surface area contributed by atoms with Gasteiger partial charge in [-0.05, 0) is 29.7 Å². The van der Waals surface area contributed by atoms with E-state index in [-0.39, 0.29) is 5.69 Å². The van der Waals surface area contributed by atoms with E-state index in [2.05, 4.69) is 0 Å². The lowest BCUT2D eigenvalue weighted by molar-refractivity contribution is -0.384. The zero-order valence-electron chi connectivity index (χ0n) is 10.3. The lowest BCUT2D eigenvalue weighted by Crippen LogP contribution is -2.13. The minimum absolute atomic E-state index is 0.0495. The minimum Gasteiger partial charge on any atom is -0.320 e. The molecule has 5 heteroatoms. The van der Waals surface area contributed by atoms with Gasteiger partial charge in [0.15, 0.2) is 0 Å². The van der Waals surface area contributed by atoms with Crippen LogP contribution in [0.25, 0.3) is 0 Å². The molecular formula is C14H13ClN2O2. The Morgan fingerprint density at radius 1 is 1.26 bits per heavy atom. The number of rotatable bonds is 3. The van der Waals surface area contributed by atoms with Crippen molar-refractivity contribution in [1.82, 2.24) is 0 Å². The maximum atomic E-state index is 10.8. The third kappa shape index (κ3) is 2.92. The van der Waals surface area contributed by atoms with Crippen LogP contribution < -0.4 is 5.73 Å². The second kappa shape index (κ2) is 5.38. The van der Waals surface area contributed by atoms with E-state index in [0.29, 0.717) is 10.6 Å². The van der Waals surface area contributed by atoms with Crippen LogP contribution >= 0.6 is 11.6 Å². The Hall–Kier alpha value is -1.91. The molecule has 0 saturated heterocycles. The molecule has 0 spiro atoms. The maximum absolute atomic E-state index is 10.8. The minimum atomic E-state index is -0.472. The van der Waals surface area contributed by atoms with Gasteiger partial charge in [-0.3, -0.25) is 10.1 Å². The molecule has 19 heavy (non-hydrogen) atoms. The Balaban J connectivity index is 2.47. The van der Waals surface area contributed by atoms with Crippen LogP contribution in [0.5, 0.6) is 0 Å². The molecule has 0 aromatic heterocycles. The number of non-ortho nitro benzene ring substituents is 1. The van der Waals surface area contributed by atoms with Crippen molar-refractivity contribution in [3.05, 3.63) is 74.3 Å². The zero-order chi connectivity index (χ0) is 14.0. The van der Waals surface area contributed by atoms with E-state index in [0.717, 1.165) is 11.1 Å². The highest BCUT2D eigenvalue weighted by Gasteiger charge is 2.16. The maximum Gasteiger partial charge on any atom is 0.271 e. The van der Waals surface area contributed by atoms with Gasteiger partial charge in [0.2, 0.25) is 0 Å². The first kappa shape index (κ1) is 13.5. The summed E-state index contributed by atoms with van der Waals surface area (Å²) < 4.78 is 0. The van der Waals surface area contributed by atoms with E-state index >= 15 is 0 Å². The predicted molar refractivity (Wildman–Crippen MR) is 75.3 cm³/mol. The molecule has 2 rings (SSSR count). The summed E-state index contributed by atoms with van der Waals surface area (Å²) in [4.78, 5) is 10.4. The van der Waals surface area contributed by atoms with Gasteiger partial charge in [-0.15, -0.1) is 0 Å². The average Bonchev–Trinajstić information content (AvgIpc) is 2.37. The summed E-state index contributed by atoms with van der Waals surface area (Å²) in [6.07, 6.45) is 0. The second-order valence-corrected chi connectivity index (χ2v) is 4.77. The zero-order valence-corrected chi connectivity index (χ0v) is 11.1. The van der Waals surface area contributed by atoms with Gasteiger partial charge >= 0.3 is 0 Å². The first-order chi connectivity index (χ1) is 8.99. The lowest BCUT2D eigenvalue weighted by atomic mass is 9.95. The van der Waals surface area contributed by atoms with Crippen LogP contribution in [0.2, 0.25) is 5.02 Å². The Bertz CT molecular complexity index is 629. The van der Waals surface area contributed by atoms with Crippen LogP contribution in [-0.4, -0.2) is 4.92 Å². The fourth-order valence-corrected chi connectivity index (χ4v) is 2.23. The van der Waals surface area contributed by atoms with E-state index in [4.69, 9.17) is 17.3 Å². The van der Waals surface area contributed by atoms with Gasteiger partial charge in [-0.1, -0.05) is 35.9 Å². The van der Waals surface area contributed by atoms with E-state index in [9.17, 15) is 10.1 Å². The summed E-state index contributed by atoms with van der Waals surface area (Å²) in [5.74, 6) is 0. The number of hydrogen-bond donors (Lipinski definition) is 1. The van der Waals surface area contributed by atoms with Crippen LogP contribution in [0, 0.1) is 17.0 Å². The monoisotopic (exact) mass is 276 g/mol. The number of nitro benzene ring substituents is 1. The second-order valence-electron chi connectivity index (χ2n) is 4.33. The van der Waals surface area contributed by atoms with Crippen LogP contribution in [0.1, 0.15) is 22.7 Å².